The van der Waals surface area contributed by atoms with Crippen LogP contribution in [0.15, 0.2) is 18.2 Å². The molecule has 0 spiro atoms. The van der Waals surface area contributed by atoms with Crippen molar-refractivity contribution in [1.82, 2.24) is 4.90 Å². The highest BCUT2D eigenvalue weighted by Gasteiger charge is 2.34. The van der Waals surface area contributed by atoms with Crippen LogP contribution in [-0.2, 0) is 10.9 Å². The van der Waals surface area contributed by atoms with Crippen molar-refractivity contribution < 1.29 is 17.9 Å². The zero-order chi connectivity index (χ0) is 16.4. The van der Waals surface area contributed by atoms with Crippen molar-refractivity contribution in [2.75, 3.05) is 50.0 Å². The standard InChI is InChI=1S/C16H22F3N3O/c17-16(18,19)14-11-13(1-2-15(14)20)21-5-3-12(4-6-21)22-7-9-23-10-8-22/h1-2,11-12H,3-10,20H2. The predicted molar refractivity (Wildman–Crippen MR) is 83.5 cm³/mol. The Morgan fingerprint density at radius 3 is 2.30 bits per heavy atom. The summed E-state index contributed by atoms with van der Waals surface area (Å²) >= 11 is 0. The Hall–Kier alpha value is -1.47. The van der Waals surface area contributed by atoms with Crippen LogP contribution < -0.4 is 10.6 Å². The second kappa shape index (κ2) is 6.57. The molecule has 2 aliphatic heterocycles. The van der Waals surface area contributed by atoms with E-state index in [2.05, 4.69) is 4.90 Å². The summed E-state index contributed by atoms with van der Waals surface area (Å²) in [6.45, 7) is 4.97. The number of hydrogen-bond acceptors (Lipinski definition) is 4. The van der Waals surface area contributed by atoms with Crippen LogP contribution in [0.5, 0.6) is 0 Å². The monoisotopic (exact) mass is 329 g/mol. The fourth-order valence-corrected chi connectivity index (χ4v) is 3.42. The van der Waals surface area contributed by atoms with Crippen molar-refractivity contribution in [2.45, 2.75) is 25.1 Å². The van der Waals surface area contributed by atoms with Gasteiger partial charge in [-0.25, -0.2) is 0 Å². The molecule has 3 rings (SSSR count). The minimum absolute atomic E-state index is 0.218. The van der Waals surface area contributed by atoms with E-state index in [1.807, 2.05) is 4.90 Å². The van der Waals surface area contributed by atoms with Gasteiger partial charge in [0.15, 0.2) is 0 Å². The Morgan fingerprint density at radius 2 is 1.70 bits per heavy atom. The molecule has 0 radical (unpaired) electrons. The molecule has 4 nitrogen and oxygen atoms in total. The molecule has 0 bridgehead atoms. The molecular formula is C16H22F3N3O. The Balaban J connectivity index is 1.65. The van der Waals surface area contributed by atoms with E-state index >= 15 is 0 Å². The highest BCUT2D eigenvalue weighted by molar-refractivity contribution is 5.59. The third-order valence-corrected chi connectivity index (χ3v) is 4.73. The summed E-state index contributed by atoms with van der Waals surface area (Å²) in [5.41, 5.74) is 5.11. The number of nitrogens with two attached hydrogens (primary N) is 1. The molecule has 7 heteroatoms. The Kier molecular flexibility index (Phi) is 4.68. The molecule has 128 valence electrons. The Morgan fingerprint density at radius 1 is 1.04 bits per heavy atom. The molecule has 0 atom stereocenters. The first-order chi connectivity index (χ1) is 10.9. The van der Waals surface area contributed by atoms with Crippen molar-refractivity contribution in [3.05, 3.63) is 23.8 Å². The molecule has 0 saturated carbocycles. The van der Waals surface area contributed by atoms with Gasteiger partial charge in [0, 0.05) is 43.6 Å². The van der Waals surface area contributed by atoms with Crippen molar-refractivity contribution in [2.24, 2.45) is 0 Å². The first-order valence-electron chi connectivity index (χ1n) is 7.98. The summed E-state index contributed by atoms with van der Waals surface area (Å²) in [4.78, 5) is 4.45. The van der Waals surface area contributed by atoms with Crippen LogP contribution in [0.2, 0.25) is 0 Å². The van der Waals surface area contributed by atoms with Crippen molar-refractivity contribution in [1.29, 1.82) is 0 Å². The average Bonchev–Trinajstić information content (AvgIpc) is 2.55. The quantitative estimate of drug-likeness (QED) is 0.847. The molecule has 2 saturated heterocycles. The molecule has 2 heterocycles. The minimum Gasteiger partial charge on any atom is -0.398 e. The lowest BCUT2D eigenvalue weighted by atomic mass is 10.0. The number of alkyl halides is 3. The van der Waals surface area contributed by atoms with E-state index in [0.717, 1.165) is 52.2 Å². The van der Waals surface area contributed by atoms with E-state index in [0.29, 0.717) is 11.7 Å². The van der Waals surface area contributed by atoms with Gasteiger partial charge in [-0.15, -0.1) is 0 Å². The van der Waals surface area contributed by atoms with Gasteiger partial charge in [-0.2, -0.15) is 13.2 Å². The molecule has 1 aromatic carbocycles. The van der Waals surface area contributed by atoms with Crippen LogP contribution >= 0.6 is 0 Å². The smallest absolute Gasteiger partial charge is 0.398 e. The molecular weight excluding hydrogens is 307 g/mol. The normalized spacial score (nSPS) is 21.6. The van der Waals surface area contributed by atoms with Gasteiger partial charge in [0.25, 0.3) is 0 Å². The first kappa shape index (κ1) is 16.4. The maximum Gasteiger partial charge on any atom is 0.418 e. The zero-order valence-corrected chi connectivity index (χ0v) is 13.0. The van der Waals surface area contributed by atoms with Gasteiger partial charge in [0.05, 0.1) is 18.8 Å². The van der Waals surface area contributed by atoms with Gasteiger partial charge >= 0.3 is 6.18 Å². The molecule has 1 aromatic rings. The molecule has 2 aliphatic rings. The molecule has 0 amide bonds. The number of ether oxygens (including phenoxy) is 1. The van der Waals surface area contributed by atoms with Gasteiger partial charge in [0.2, 0.25) is 0 Å². The van der Waals surface area contributed by atoms with Crippen LogP contribution in [0.3, 0.4) is 0 Å². The number of piperidine rings is 1. The largest absolute Gasteiger partial charge is 0.418 e. The van der Waals surface area contributed by atoms with Gasteiger partial charge in [-0.1, -0.05) is 0 Å². The van der Waals surface area contributed by atoms with Gasteiger partial charge < -0.3 is 15.4 Å². The second-order valence-electron chi connectivity index (χ2n) is 6.14. The average molecular weight is 329 g/mol. The third-order valence-electron chi connectivity index (χ3n) is 4.73. The van der Waals surface area contributed by atoms with E-state index in [1.165, 1.54) is 12.1 Å². The lowest BCUT2D eigenvalue weighted by Crippen LogP contribution is -2.49. The molecule has 0 aromatic heterocycles. The highest BCUT2D eigenvalue weighted by atomic mass is 19.4. The number of nitrogens with zero attached hydrogens (tertiary/aromatic N) is 2. The van der Waals surface area contributed by atoms with Crippen LogP contribution in [0.4, 0.5) is 24.5 Å². The van der Waals surface area contributed by atoms with Gasteiger partial charge in [0.1, 0.15) is 0 Å². The number of anilines is 2. The third kappa shape index (κ3) is 3.72. The maximum absolute atomic E-state index is 13.0. The van der Waals surface area contributed by atoms with Gasteiger partial charge in [-0.3, -0.25) is 4.90 Å². The molecule has 23 heavy (non-hydrogen) atoms. The number of rotatable bonds is 2. The maximum atomic E-state index is 13.0. The Labute approximate surface area is 134 Å². The summed E-state index contributed by atoms with van der Waals surface area (Å²) in [5.74, 6) is 0. The number of nitrogen functional groups attached to an aromatic ring is 1. The lowest BCUT2D eigenvalue weighted by Gasteiger charge is -2.41. The van der Waals surface area contributed by atoms with Gasteiger partial charge in [-0.05, 0) is 31.0 Å². The van der Waals surface area contributed by atoms with Crippen molar-refractivity contribution in [3.8, 4) is 0 Å². The van der Waals surface area contributed by atoms with Crippen molar-refractivity contribution in [3.63, 3.8) is 0 Å². The van der Waals surface area contributed by atoms with Crippen LogP contribution in [0, 0.1) is 0 Å². The first-order valence-corrected chi connectivity index (χ1v) is 7.98. The highest BCUT2D eigenvalue weighted by Crippen LogP contribution is 2.36. The van der Waals surface area contributed by atoms with Crippen LogP contribution in [-0.4, -0.2) is 50.3 Å². The molecule has 2 fully saturated rings. The van der Waals surface area contributed by atoms with E-state index in [9.17, 15) is 13.2 Å². The number of morpholine rings is 1. The topological polar surface area (TPSA) is 41.7 Å². The van der Waals surface area contributed by atoms with E-state index in [4.69, 9.17) is 10.5 Å². The summed E-state index contributed by atoms with van der Waals surface area (Å²) in [6, 6.07) is 4.71. The van der Waals surface area contributed by atoms with Crippen molar-refractivity contribution >= 4 is 11.4 Å². The lowest BCUT2D eigenvalue weighted by molar-refractivity contribution is -0.136. The fraction of sp³-hybridized carbons (Fsp3) is 0.625. The summed E-state index contributed by atoms with van der Waals surface area (Å²) in [7, 11) is 0. The Bertz CT molecular complexity index is 536. The van der Waals surface area contributed by atoms with Crippen LogP contribution in [0.25, 0.3) is 0 Å². The SMILES string of the molecule is Nc1ccc(N2CCC(N3CCOCC3)CC2)cc1C(F)(F)F. The summed E-state index contributed by atoms with van der Waals surface area (Å²) in [6.07, 6.45) is -2.48. The molecule has 2 N–H and O–H groups in total. The molecule has 0 unspecified atom stereocenters. The van der Waals surface area contributed by atoms with E-state index < -0.39 is 11.7 Å². The zero-order valence-electron chi connectivity index (χ0n) is 13.0. The fourth-order valence-electron chi connectivity index (χ4n) is 3.42. The van der Waals surface area contributed by atoms with E-state index in [-0.39, 0.29) is 5.69 Å². The predicted octanol–water partition coefficient (Wildman–Crippen LogP) is 2.59. The number of hydrogen-bond donors (Lipinski definition) is 1. The number of halogens is 3. The molecule has 0 aliphatic carbocycles. The minimum atomic E-state index is -4.41. The number of benzene rings is 1. The summed E-state index contributed by atoms with van der Waals surface area (Å²) < 4.78 is 44.3. The summed E-state index contributed by atoms with van der Waals surface area (Å²) in [5, 5.41) is 0. The van der Waals surface area contributed by atoms with Crippen LogP contribution in [0.1, 0.15) is 18.4 Å². The second-order valence-corrected chi connectivity index (χ2v) is 6.14. The van der Waals surface area contributed by atoms with E-state index in [1.54, 1.807) is 6.07 Å².